The van der Waals surface area contributed by atoms with E-state index in [0.717, 1.165) is 0 Å². The maximum Gasteiger partial charge on any atom is 0.387 e. The highest BCUT2D eigenvalue weighted by Crippen LogP contribution is 2.24. The molecule has 0 amide bonds. The molecule has 4 nitrogen and oxygen atoms in total. The highest BCUT2D eigenvalue weighted by atomic mass is 35.5. The van der Waals surface area contributed by atoms with Gasteiger partial charge in [0, 0.05) is 17.1 Å². The molecule has 1 aromatic carbocycles. The van der Waals surface area contributed by atoms with E-state index in [4.69, 9.17) is 16.7 Å². The number of carboxylic acid groups (broad SMARTS) is 1. The van der Waals surface area contributed by atoms with Gasteiger partial charge in [0.1, 0.15) is 11.8 Å². The fourth-order valence-corrected chi connectivity index (χ4v) is 1.44. The van der Waals surface area contributed by atoms with E-state index < -0.39 is 18.6 Å². The van der Waals surface area contributed by atoms with Gasteiger partial charge in [-0.2, -0.15) is 8.78 Å². The Morgan fingerprint density at radius 3 is 2.78 bits per heavy atom. The maximum absolute atomic E-state index is 12.2. The summed E-state index contributed by atoms with van der Waals surface area (Å²) in [5.41, 5.74) is 0.371. The van der Waals surface area contributed by atoms with Crippen molar-refractivity contribution < 1.29 is 23.4 Å². The van der Waals surface area contributed by atoms with Crippen LogP contribution in [0.25, 0.3) is 0 Å². The van der Waals surface area contributed by atoms with Gasteiger partial charge in [-0.3, -0.25) is 4.79 Å². The Kier molecular flexibility index (Phi) is 5.30. The summed E-state index contributed by atoms with van der Waals surface area (Å²) in [5, 5.41) is 11.7. The van der Waals surface area contributed by atoms with Crippen LogP contribution in [-0.4, -0.2) is 23.7 Å². The van der Waals surface area contributed by atoms with E-state index in [9.17, 15) is 13.6 Å². The van der Waals surface area contributed by atoms with Gasteiger partial charge in [0.15, 0.2) is 0 Å². The molecular formula is C11H12ClF2NO3. The number of hydrogen-bond acceptors (Lipinski definition) is 3. The van der Waals surface area contributed by atoms with Gasteiger partial charge in [-0.15, -0.1) is 0 Å². The van der Waals surface area contributed by atoms with Crippen molar-refractivity contribution in [1.29, 1.82) is 0 Å². The lowest BCUT2D eigenvalue weighted by Gasteiger charge is -2.13. The van der Waals surface area contributed by atoms with E-state index in [1.54, 1.807) is 0 Å². The third-order valence-corrected chi connectivity index (χ3v) is 2.44. The number of alkyl halides is 2. The molecule has 2 N–H and O–H groups in total. The van der Waals surface area contributed by atoms with Crippen LogP contribution in [0.1, 0.15) is 12.5 Å². The summed E-state index contributed by atoms with van der Waals surface area (Å²) in [4.78, 5) is 10.6. The smallest absolute Gasteiger partial charge is 0.387 e. The average Bonchev–Trinajstić information content (AvgIpc) is 2.28. The summed E-state index contributed by atoms with van der Waals surface area (Å²) < 4.78 is 28.6. The lowest BCUT2D eigenvalue weighted by Crippen LogP contribution is -2.33. The lowest BCUT2D eigenvalue weighted by atomic mass is 10.2. The van der Waals surface area contributed by atoms with Crippen molar-refractivity contribution in [2.45, 2.75) is 26.1 Å². The third kappa shape index (κ3) is 4.46. The van der Waals surface area contributed by atoms with Crippen LogP contribution in [-0.2, 0) is 11.3 Å². The topological polar surface area (TPSA) is 58.6 Å². The minimum absolute atomic E-state index is 0.0283. The first-order valence-electron chi connectivity index (χ1n) is 5.09. The van der Waals surface area contributed by atoms with Crippen molar-refractivity contribution in [2.24, 2.45) is 0 Å². The van der Waals surface area contributed by atoms with Gasteiger partial charge in [-0.05, 0) is 25.1 Å². The molecule has 100 valence electrons. The van der Waals surface area contributed by atoms with Crippen LogP contribution in [0.15, 0.2) is 18.2 Å². The molecule has 0 aliphatic rings. The Labute approximate surface area is 108 Å². The van der Waals surface area contributed by atoms with Crippen molar-refractivity contribution >= 4 is 17.6 Å². The zero-order chi connectivity index (χ0) is 13.7. The number of ether oxygens (including phenoxy) is 1. The number of carbonyl (C=O) groups is 1. The second kappa shape index (κ2) is 6.51. The van der Waals surface area contributed by atoms with Gasteiger partial charge in [0.05, 0.1) is 0 Å². The van der Waals surface area contributed by atoms with Crippen LogP contribution in [0.3, 0.4) is 0 Å². The van der Waals surface area contributed by atoms with Gasteiger partial charge in [0.2, 0.25) is 0 Å². The molecule has 0 radical (unpaired) electrons. The number of nitrogens with one attached hydrogen (secondary N) is 1. The minimum atomic E-state index is -2.94. The van der Waals surface area contributed by atoms with Gasteiger partial charge < -0.3 is 15.2 Å². The first kappa shape index (κ1) is 14.7. The number of benzene rings is 1. The average molecular weight is 280 g/mol. The van der Waals surface area contributed by atoms with E-state index in [1.165, 1.54) is 25.1 Å². The van der Waals surface area contributed by atoms with E-state index in [0.29, 0.717) is 10.6 Å². The number of aliphatic carboxylic acids is 1. The summed E-state index contributed by atoms with van der Waals surface area (Å²) in [6.45, 7) is -1.43. The van der Waals surface area contributed by atoms with E-state index in [-0.39, 0.29) is 12.3 Å². The molecule has 0 unspecified atom stereocenters. The van der Waals surface area contributed by atoms with E-state index in [1.807, 2.05) is 0 Å². The SMILES string of the molecule is C[C@@H](NCc1cc(Cl)ccc1OC(F)F)C(=O)O. The fraction of sp³-hybridized carbons (Fsp3) is 0.364. The normalized spacial score (nSPS) is 12.5. The highest BCUT2D eigenvalue weighted by molar-refractivity contribution is 6.30. The highest BCUT2D eigenvalue weighted by Gasteiger charge is 2.13. The first-order valence-corrected chi connectivity index (χ1v) is 5.47. The van der Waals surface area contributed by atoms with Crippen LogP contribution in [0.2, 0.25) is 5.02 Å². The Hall–Kier alpha value is -1.40. The molecule has 0 spiro atoms. The molecular weight excluding hydrogens is 268 g/mol. The summed E-state index contributed by atoms with van der Waals surface area (Å²) in [6.07, 6.45) is 0. The molecule has 1 atom stereocenters. The number of halogens is 3. The molecule has 0 aliphatic carbocycles. The third-order valence-electron chi connectivity index (χ3n) is 2.21. The van der Waals surface area contributed by atoms with Gasteiger partial charge in [-0.25, -0.2) is 0 Å². The molecule has 18 heavy (non-hydrogen) atoms. The monoisotopic (exact) mass is 279 g/mol. The Balaban J connectivity index is 2.78. The molecule has 0 saturated heterocycles. The van der Waals surface area contributed by atoms with Crippen molar-refractivity contribution in [3.63, 3.8) is 0 Å². The molecule has 0 aromatic heterocycles. The number of carboxylic acids is 1. The fourth-order valence-electron chi connectivity index (χ4n) is 1.25. The lowest BCUT2D eigenvalue weighted by molar-refractivity contribution is -0.139. The Morgan fingerprint density at radius 1 is 1.56 bits per heavy atom. The van der Waals surface area contributed by atoms with Crippen LogP contribution in [0.5, 0.6) is 5.75 Å². The van der Waals surface area contributed by atoms with Crippen LogP contribution >= 0.6 is 11.6 Å². The summed E-state index contributed by atoms with van der Waals surface area (Å²) in [6, 6.07) is 3.38. The zero-order valence-electron chi connectivity index (χ0n) is 9.49. The summed E-state index contributed by atoms with van der Waals surface area (Å²) in [5.74, 6) is -1.06. The molecule has 0 bridgehead atoms. The molecule has 0 saturated carbocycles. The Bertz CT molecular complexity index is 429. The second-order valence-corrected chi connectivity index (χ2v) is 4.01. The number of hydrogen-bond donors (Lipinski definition) is 2. The molecule has 0 fully saturated rings. The van der Waals surface area contributed by atoms with Crippen molar-refractivity contribution in [3.05, 3.63) is 28.8 Å². The summed E-state index contributed by atoms with van der Waals surface area (Å²) in [7, 11) is 0. The molecule has 1 aromatic rings. The summed E-state index contributed by atoms with van der Waals surface area (Å²) >= 11 is 5.74. The minimum Gasteiger partial charge on any atom is -0.480 e. The van der Waals surface area contributed by atoms with Crippen molar-refractivity contribution in [3.8, 4) is 5.75 Å². The zero-order valence-corrected chi connectivity index (χ0v) is 10.2. The van der Waals surface area contributed by atoms with Crippen molar-refractivity contribution in [2.75, 3.05) is 0 Å². The van der Waals surface area contributed by atoms with Crippen LogP contribution < -0.4 is 10.1 Å². The van der Waals surface area contributed by atoms with Crippen LogP contribution in [0, 0.1) is 0 Å². The molecule has 7 heteroatoms. The van der Waals surface area contributed by atoms with Crippen LogP contribution in [0.4, 0.5) is 8.78 Å². The first-order chi connectivity index (χ1) is 8.40. The second-order valence-electron chi connectivity index (χ2n) is 3.57. The van der Waals surface area contributed by atoms with Crippen molar-refractivity contribution in [1.82, 2.24) is 5.32 Å². The van der Waals surface area contributed by atoms with Gasteiger partial charge >= 0.3 is 12.6 Å². The number of rotatable bonds is 6. The van der Waals surface area contributed by atoms with Gasteiger partial charge in [-0.1, -0.05) is 11.6 Å². The van der Waals surface area contributed by atoms with Gasteiger partial charge in [0.25, 0.3) is 0 Å². The van der Waals surface area contributed by atoms with E-state index in [2.05, 4.69) is 10.1 Å². The molecule has 0 aliphatic heterocycles. The standard InChI is InChI=1S/C11H12ClF2NO3/c1-6(10(16)17)15-5-7-4-8(12)2-3-9(7)18-11(13)14/h2-4,6,11,15H,5H2,1H3,(H,16,17)/t6-/m1/s1. The molecule has 0 heterocycles. The Morgan fingerprint density at radius 2 is 2.22 bits per heavy atom. The predicted molar refractivity (Wildman–Crippen MR) is 62.0 cm³/mol. The quantitative estimate of drug-likeness (QED) is 0.840. The predicted octanol–water partition coefficient (Wildman–Crippen LogP) is 2.50. The maximum atomic E-state index is 12.2. The molecule has 1 rings (SSSR count). The largest absolute Gasteiger partial charge is 0.480 e. The van der Waals surface area contributed by atoms with E-state index >= 15 is 0 Å².